The third kappa shape index (κ3) is 6.08. The fraction of sp³-hybridized carbons (Fsp3) is 0.407. The maximum absolute atomic E-state index is 13.0. The molecule has 4 rings (SSSR count). The number of nitrogens with one attached hydrogen (secondary N) is 3. The van der Waals surface area contributed by atoms with Crippen molar-refractivity contribution >= 4 is 11.8 Å². The number of nitrogens with two attached hydrogens (primary N) is 1. The van der Waals surface area contributed by atoms with E-state index in [0.717, 1.165) is 23.3 Å². The van der Waals surface area contributed by atoms with Crippen LogP contribution in [-0.4, -0.2) is 49.3 Å². The molecule has 0 saturated carbocycles. The van der Waals surface area contributed by atoms with Gasteiger partial charge in [0.25, 0.3) is 0 Å². The van der Waals surface area contributed by atoms with Crippen LogP contribution in [0.3, 0.4) is 0 Å². The molecule has 1 aliphatic heterocycles. The van der Waals surface area contributed by atoms with Gasteiger partial charge in [-0.05, 0) is 48.1 Å². The van der Waals surface area contributed by atoms with E-state index in [1.807, 2.05) is 54.6 Å². The lowest BCUT2D eigenvalue weighted by Gasteiger charge is -2.27. The third-order valence-corrected chi connectivity index (χ3v) is 6.86. The van der Waals surface area contributed by atoms with E-state index in [4.69, 9.17) is 10.5 Å². The van der Waals surface area contributed by atoms with E-state index in [0.29, 0.717) is 13.0 Å². The zero-order valence-electron chi connectivity index (χ0n) is 19.9. The van der Waals surface area contributed by atoms with Crippen molar-refractivity contribution in [3.63, 3.8) is 0 Å². The monoisotopic (exact) mass is 478 g/mol. The number of primary amides is 1. The third-order valence-electron chi connectivity index (χ3n) is 6.86. The second-order valence-corrected chi connectivity index (χ2v) is 9.19. The highest BCUT2D eigenvalue weighted by molar-refractivity contribution is 5.99. The summed E-state index contributed by atoms with van der Waals surface area (Å²) in [5.74, 6) is -1.36. The molecular weight excluding hydrogens is 444 g/mol. The topological polar surface area (TPSA) is 126 Å². The summed E-state index contributed by atoms with van der Waals surface area (Å²) in [4.78, 5) is 25.0. The minimum absolute atomic E-state index is 0.0211. The molecule has 1 aliphatic carbocycles. The Bertz CT molecular complexity index is 1060. The number of benzene rings is 2. The van der Waals surface area contributed by atoms with Gasteiger partial charge < -0.3 is 31.5 Å². The summed E-state index contributed by atoms with van der Waals surface area (Å²) in [6.07, 6.45) is 4.30. The van der Waals surface area contributed by atoms with Crippen LogP contribution in [0.4, 0.5) is 0 Å². The van der Waals surface area contributed by atoms with Gasteiger partial charge in [0, 0.05) is 25.2 Å². The molecular formula is C27H34N4O4. The fourth-order valence-corrected chi connectivity index (χ4v) is 4.89. The Hall–Kier alpha value is -3.20. The Labute approximate surface area is 205 Å². The average Bonchev–Trinajstić information content (AvgIpc) is 3.20. The maximum atomic E-state index is 13.0. The van der Waals surface area contributed by atoms with E-state index in [2.05, 4.69) is 22.0 Å². The number of aliphatic hydroxyl groups is 1. The summed E-state index contributed by atoms with van der Waals surface area (Å²) in [6.45, 7) is 0.862. The largest absolute Gasteiger partial charge is 0.497 e. The van der Waals surface area contributed by atoms with Crippen LogP contribution >= 0.6 is 0 Å². The first-order valence-electron chi connectivity index (χ1n) is 12.1. The van der Waals surface area contributed by atoms with E-state index in [9.17, 15) is 14.7 Å². The van der Waals surface area contributed by atoms with Crippen LogP contribution < -0.4 is 26.4 Å². The first-order chi connectivity index (χ1) is 17.0. The molecule has 2 amide bonds. The predicted molar refractivity (Wildman–Crippen MR) is 134 cm³/mol. The molecule has 0 radical (unpaired) electrons. The van der Waals surface area contributed by atoms with Gasteiger partial charge in [0.2, 0.25) is 11.8 Å². The standard InChI is InChI=1S/C27H34N4O4/c1-35-18-10-11-19-21(14-18)23-15-22(19)29-12-6-5-9-20(26(28)33)27(34)31-24(25(32)16-30-23)13-17-7-3-2-4-8-17/h2-8,10-11,14,20,22-25,29-30,32H,9,12-13,15-16H2,1H3,(H2,28,33)(H,31,34)/b6-5+/t20-,22+,23-,24-,25+/m0/s1. The SMILES string of the molecule is COc1ccc2c(c1)[C@@H]1C[C@H]2NC/C=C/C[C@@H](C(N)=O)C(=O)N[C@@H](Cc2ccccc2)[C@H](O)CN1. The maximum Gasteiger partial charge on any atom is 0.233 e. The highest BCUT2D eigenvalue weighted by Gasteiger charge is 2.33. The van der Waals surface area contributed by atoms with Crippen molar-refractivity contribution in [2.45, 2.75) is 43.5 Å². The fourth-order valence-electron chi connectivity index (χ4n) is 4.89. The Morgan fingerprint density at radius 1 is 1.09 bits per heavy atom. The smallest absolute Gasteiger partial charge is 0.233 e. The molecule has 0 aromatic heterocycles. The normalized spacial score (nSPS) is 28.2. The molecule has 35 heavy (non-hydrogen) atoms. The highest BCUT2D eigenvalue weighted by Crippen LogP contribution is 2.40. The molecule has 0 fully saturated rings. The van der Waals surface area contributed by atoms with Crippen molar-refractivity contribution in [2.75, 3.05) is 20.2 Å². The lowest BCUT2D eigenvalue weighted by Crippen LogP contribution is -2.52. The minimum Gasteiger partial charge on any atom is -0.497 e. The second-order valence-electron chi connectivity index (χ2n) is 9.19. The van der Waals surface area contributed by atoms with E-state index in [-0.39, 0.29) is 25.0 Å². The van der Waals surface area contributed by atoms with Crippen LogP contribution in [-0.2, 0) is 16.0 Å². The molecule has 8 nitrogen and oxygen atoms in total. The number of allylic oxidation sites excluding steroid dienone is 1. The molecule has 2 aromatic carbocycles. The number of hydrogen-bond donors (Lipinski definition) is 5. The Morgan fingerprint density at radius 2 is 1.86 bits per heavy atom. The molecule has 5 atom stereocenters. The molecule has 0 saturated heterocycles. The van der Waals surface area contributed by atoms with Crippen molar-refractivity contribution in [1.29, 1.82) is 0 Å². The molecule has 2 aromatic rings. The highest BCUT2D eigenvalue weighted by atomic mass is 16.5. The van der Waals surface area contributed by atoms with Crippen molar-refractivity contribution in [1.82, 2.24) is 16.0 Å². The first-order valence-corrected chi connectivity index (χ1v) is 12.1. The number of amides is 2. The summed E-state index contributed by atoms with van der Waals surface area (Å²) < 4.78 is 5.44. The van der Waals surface area contributed by atoms with Crippen LogP contribution in [0.2, 0.25) is 0 Å². The molecule has 8 heteroatoms. The Balaban J connectivity index is 1.61. The molecule has 1 heterocycles. The van der Waals surface area contributed by atoms with E-state index >= 15 is 0 Å². The van der Waals surface area contributed by atoms with E-state index < -0.39 is 29.9 Å². The quantitative estimate of drug-likeness (QED) is 0.335. The zero-order valence-corrected chi connectivity index (χ0v) is 19.9. The molecule has 0 spiro atoms. The zero-order chi connectivity index (χ0) is 24.8. The van der Waals surface area contributed by atoms with E-state index in [1.165, 1.54) is 5.56 Å². The van der Waals surface area contributed by atoms with Gasteiger partial charge >= 0.3 is 0 Å². The molecule has 186 valence electrons. The van der Waals surface area contributed by atoms with Crippen LogP contribution in [0.5, 0.6) is 5.75 Å². The van der Waals surface area contributed by atoms with Gasteiger partial charge in [-0.1, -0.05) is 48.6 Å². The van der Waals surface area contributed by atoms with Crippen molar-refractivity contribution < 1.29 is 19.4 Å². The molecule has 0 unspecified atom stereocenters. The Kier molecular flexibility index (Phi) is 8.17. The van der Waals surface area contributed by atoms with Gasteiger partial charge in [-0.3, -0.25) is 9.59 Å². The summed E-state index contributed by atoms with van der Waals surface area (Å²) in [7, 11) is 1.65. The summed E-state index contributed by atoms with van der Waals surface area (Å²) in [6, 6.07) is 15.3. The first kappa shape index (κ1) is 24.9. The van der Waals surface area contributed by atoms with E-state index in [1.54, 1.807) is 7.11 Å². The lowest BCUT2D eigenvalue weighted by atomic mass is 9.98. The summed E-state index contributed by atoms with van der Waals surface area (Å²) in [5.41, 5.74) is 8.86. The number of β-amino-alcohol motifs (C(OH)–C–C–N with tert-alkyl or cyclic N) is 1. The predicted octanol–water partition coefficient (Wildman–Crippen LogP) is 1.51. The summed E-state index contributed by atoms with van der Waals surface area (Å²) >= 11 is 0. The molecule has 6 N–H and O–H groups in total. The van der Waals surface area contributed by atoms with Gasteiger partial charge in [0.1, 0.15) is 11.7 Å². The van der Waals surface area contributed by atoms with Crippen molar-refractivity contribution in [3.05, 3.63) is 77.4 Å². The molecule has 2 aliphatic rings. The van der Waals surface area contributed by atoms with Gasteiger partial charge in [-0.25, -0.2) is 0 Å². The number of methoxy groups -OCH3 is 1. The Morgan fingerprint density at radius 3 is 2.60 bits per heavy atom. The van der Waals surface area contributed by atoms with Crippen LogP contribution in [0.1, 0.15) is 41.6 Å². The van der Waals surface area contributed by atoms with Crippen molar-refractivity contribution in [2.24, 2.45) is 11.7 Å². The van der Waals surface area contributed by atoms with Gasteiger partial charge in [0.15, 0.2) is 0 Å². The van der Waals surface area contributed by atoms with Crippen LogP contribution in [0, 0.1) is 5.92 Å². The number of hydrogen-bond acceptors (Lipinski definition) is 6. The average molecular weight is 479 g/mol. The van der Waals surface area contributed by atoms with Crippen LogP contribution in [0.15, 0.2) is 60.7 Å². The van der Waals surface area contributed by atoms with Gasteiger partial charge in [-0.2, -0.15) is 0 Å². The van der Waals surface area contributed by atoms with Gasteiger partial charge in [-0.15, -0.1) is 0 Å². The number of carbonyl (C=O) groups is 2. The number of fused-ring (bicyclic) bond motifs is 5. The number of carbonyl (C=O) groups excluding carboxylic acids is 2. The number of ether oxygens (including phenoxy) is 1. The second kappa shape index (κ2) is 11.5. The van der Waals surface area contributed by atoms with Gasteiger partial charge in [0.05, 0.1) is 19.3 Å². The number of rotatable bonds is 4. The molecule has 2 bridgehead atoms. The minimum atomic E-state index is -1.00. The summed E-state index contributed by atoms with van der Waals surface area (Å²) in [5, 5.41) is 21.1. The lowest BCUT2D eigenvalue weighted by molar-refractivity contribution is -0.134. The van der Waals surface area contributed by atoms with Crippen LogP contribution in [0.25, 0.3) is 0 Å². The van der Waals surface area contributed by atoms with Crippen molar-refractivity contribution in [3.8, 4) is 5.75 Å². The number of aliphatic hydroxyl groups excluding tert-OH is 1.